The summed E-state index contributed by atoms with van der Waals surface area (Å²) >= 11 is 1.34. The van der Waals surface area contributed by atoms with E-state index >= 15 is 0 Å². The number of halogens is 2. The molecule has 4 nitrogen and oxygen atoms in total. The minimum atomic E-state index is -0.357. The van der Waals surface area contributed by atoms with E-state index in [2.05, 4.69) is 4.98 Å². The van der Waals surface area contributed by atoms with Crippen molar-refractivity contribution in [2.45, 2.75) is 19.8 Å². The molecule has 0 bridgehead atoms. The van der Waals surface area contributed by atoms with Crippen molar-refractivity contribution in [2.24, 2.45) is 5.73 Å². The number of hydrogen-bond acceptors (Lipinski definition) is 4. The van der Waals surface area contributed by atoms with Crippen molar-refractivity contribution < 1.29 is 9.50 Å². The minimum absolute atomic E-state index is 0. The zero-order valence-electron chi connectivity index (χ0n) is 15.4. The van der Waals surface area contributed by atoms with Crippen LogP contribution in [0, 0.1) is 12.7 Å². The van der Waals surface area contributed by atoms with Crippen LogP contribution < -0.4 is 11.3 Å². The monoisotopic (exact) mass is 462 g/mol. The molecule has 2 aromatic heterocycles. The molecule has 4 rings (SSSR count). The van der Waals surface area contributed by atoms with E-state index in [1.807, 2.05) is 25.3 Å². The summed E-state index contributed by atoms with van der Waals surface area (Å²) in [5.41, 5.74) is 8.53. The van der Waals surface area contributed by atoms with Crippen LogP contribution >= 0.6 is 28.3 Å². The smallest absolute Gasteiger partial charge is 0.266 e. The van der Waals surface area contributed by atoms with E-state index in [0.29, 0.717) is 33.5 Å². The topological polar surface area (TPSA) is 79.1 Å². The molecular formula is C21H20BrFN2O2S. The second kappa shape index (κ2) is 7.66. The number of aryl methyl sites for hydroxylation is 1. The minimum Gasteiger partial charge on any atom is -0.507 e. The lowest BCUT2D eigenvalue weighted by atomic mass is 9.92. The number of rotatable bonds is 3. The van der Waals surface area contributed by atoms with Crippen LogP contribution in [0.3, 0.4) is 0 Å². The summed E-state index contributed by atoms with van der Waals surface area (Å²) in [7, 11) is 0. The molecule has 0 fully saturated rings. The Kier molecular flexibility index (Phi) is 5.61. The fourth-order valence-electron chi connectivity index (χ4n) is 3.58. The zero-order chi connectivity index (χ0) is 19.3. The molecule has 0 aliphatic carbocycles. The molecule has 0 saturated carbocycles. The molecule has 7 heteroatoms. The first-order valence-electron chi connectivity index (χ1n) is 8.68. The number of benzene rings is 2. The number of fused-ring (bicyclic) bond motifs is 3. The van der Waals surface area contributed by atoms with Gasteiger partial charge in [0.25, 0.3) is 5.56 Å². The van der Waals surface area contributed by atoms with Crippen LogP contribution in [-0.4, -0.2) is 16.6 Å². The van der Waals surface area contributed by atoms with Crippen molar-refractivity contribution in [3.63, 3.8) is 0 Å². The lowest BCUT2D eigenvalue weighted by molar-refractivity contribution is 0.477. The maximum absolute atomic E-state index is 14.7. The average Bonchev–Trinajstić information content (AvgIpc) is 3.13. The number of phenols is 1. The third-order valence-electron chi connectivity index (χ3n) is 5.06. The largest absolute Gasteiger partial charge is 0.507 e. The lowest BCUT2D eigenvalue weighted by Crippen LogP contribution is -2.10. The Labute approximate surface area is 175 Å². The number of phenolic OH excluding ortho intramolecular Hbond substituents is 1. The van der Waals surface area contributed by atoms with Crippen LogP contribution in [0.5, 0.6) is 5.75 Å². The van der Waals surface area contributed by atoms with Crippen molar-refractivity contribution in [3.05, 3.63) is 63.0 Å². The van der Waals surface area contributed by atoms with Gasteiger partial charge in [0.2, 0.25) is 0 Å². The Morgan fingerprint density at radius 3 is 2.71 bits per heavy atom. The molecule has 4 N–H and O–H groups in total. The fraction of sp³-hybridized carbons (Fsp3) is 0.190. The Bertz CT molecular complexity index is 1250. The summed E-state index contributed by atoms with van der Waals surface area (Å²) in [5.74, 6) is -0.398. The van der Waals surface area contributed by atoms with Crippen molar-refractivity contribution >= 4 is 49.3 Å². The van der Waals surface area contributed by atoms with Gasteiger partial charge in [-0.2, -0.15) is 0 Å². The van der Waals surface area contributed by atoms with Gasteiger partial charge in [0.05, 0.1) is 5.52 Å². The highest BCUT2D eigenvalue weighted by Gasteiger charge is 2.19. The van der Waals surface area contributed by atoms with Gasteiger partial charge < -0.3 is 15.8 Å². The molecular weight excluding hydrogens is 443 g/mol. The SMILES string of the molecule is Br.Cc1cc(O)c(-c2ccc(C(C)CN)c(F)c2)c2c1[nH]c(=O)c1sccc12. The molecule has 2 heterocycles. The summed E-state index contributed by atoms with van der Waals surface area (Å²) in [6, 6.07) is 8.39. The number of H-pyrrole nitrogens is 1. The summed E-state index contributed by atoms with van der Waals surface area (Å²) < 4.78 is 15.3. The molecule has 2 aromatic carbocycles. The van der Waals surface area contributed by atoms with E-state index in [9.17, 15) is 14.3 Å². The van der Waals surface area contributed by atoms with E-state index in [-0.39, 0.29) is 40.0 Å². The molecule has 0 spiro atoms. The maximum Gasteiger partial charge on any atom is 0.266 e. The predicted octanol–water partition coefficient (Wildman–Crippen LogP) is 5.20. The van der Waals surface area contributed by atoms with Crippen LogP contribution in [-0.2, 0) is 0 Å². The third kappa shape index (κ3) is 3.13. The molecule has 146 valence electrons. The number of aromatic hydroxyl groups is 1. The number of thiophene rings is 1. The molecule has 0 aliphatic heterocycles. The first-order chi connectivity index (χ1) is 12.9. The van der Waals surface area contributed by atoms with E-state index in [4.69, 9.17) is 5.73 Å². The van der Waals surface area contributed by atoms with E-state index in [1.165, 1.54) is 17.4 Å². The third-order valence-corrected chi connectivity index (χ3v) is 5.97. The lowest BCUT2D eigenvalue weighted by Gasteiger charge is -2.15. The predicted molar refractivity (Wildman–Crippen MR) is 120 cm³/mol. The van der Waals surface area contributed by atoms with Gasteiger partial charge in [-0.25, -0.2) is 4.39 Å². The Hall–Kier alpha value is -2.22. The number of aromatic nitrogens is 1. The van der Waals surface area contributed by atoms with Gasteiger partial charge in [-0.1, -0.05) is 19.1 Å². The van der Waals surface area contributed by atoms with E-state index < -0.39 is 0 Å². The van der Waals surface area contributed by atoms with E-state index in [0.717, 1.165) is 16.3 Å². The average molecular weight is 463 g/mol. The second-order valence-electron chi connectivity index (χ2n) is 6.83. The number of nitrogens with two attached hydrogens (primary N) is 1. The normalized spacial score (nSPS) is 12.3. The Morgan fingerprint density at radius 2 is 2.04 bits per heavy atom. The van der Waals surface area contributed by atoms with Crippen molar-refractivity contribution in [2.75, 3.05) is 6.54 Å². The number of hydrogen-bond donors (Lipinski definition) is 3. The van der Waals surface area contributed by atoms with Gasteiger partial charge in [-0.3, -0.25) is 4.79 Å². The maximum atomic E-state index is 14.7. The van der Waals surface area contributed by atoms with Gasteiger partial charge in [0.15, 0.2) is 0 Å². The van der Waals surface area contributed by atoms with Crippen LogP contribution in [0.4, 0.5) is 4.39 Å². The summed E-state index contributed by atoms with van der Waals surface area (Å²) in [4.78, 5) is 15.3. The fourth-order valence-corrected chi connectivity index (χ4v) is 4.38. The Balaban J connectivity index is 0.00000225. The van der Waals surface area contributed by atoms with Crippen LogP contribution in [0.2, 0.25) is 0 Å². The Morgan fingerprint density at radius 1 is 1.29 bits per heavy atom. The summed E-state index contributed by atoms with van der Waals surface area (Å²) in [6.45, 7) is 4.05. The van der Waals surface area contributed by atoms with E-state index in [1.54, 1.807) is 18.2 Å². The summed E-state index contributed by atoms with van der Waals surface area (Å²) in [6.07, 6.45) is 0. The molecule has 4 aromatic rings. The van der Waals surface area contributed by atoms with Gasteiger partial charge in [0, 0.05) is 16.3 Å². The van der Waals surface area contributed by atoms with Gasteiger partial charge in [-0.05, 0) is 59.7 Å². The van der Waals surface area contributed by atoms with Crippen molar-refractivity contribution in [1.82, 2.24) is 4.98 Å². The highest BCUT2D eigenvalue weighted by atomic mass is 79.9. The molecule has 0 aliphatic rings. The standard InChI is InChI=1S/C21H19FN2O2S.BrH/c1-10-7-16(25)17(12-3-4-13(11(2)9-23)15(22)8-12)18-14-5-6-27-20(14)21(26)24-19(10)18;/h3-8,11,25H,9,23H2,1-2H3,(H,24,26);1H. The molecule has 28 heavy (non-hydrogen) atoms. The second-order valence-corrected chi connectivity index (χ2v) is 7.74. The van der Waals surface area contributed by atoms with Gasteiger partial charge in [-0.15, -0.1) is 28.3 Å². The number of nitrogens with one attached hydrogen (secondary N) is 1. The molecule has 1 unspecified atom stereocenters. The molecule has 0 saturated heterocycles. The summed E-state index contributed by atoms with van der Waals surface area (Å²) in [5, 5.41) is 14.0. The van der Waals surface area contributed by atoms with Crippen LogP contribution in [0.15, 0.2) is 40.5 Å². The molecule has 0 amide bonds. The van der Waals surface area contributed by atoms with Crippen molar-refractivity contribution in [1.29, 1.82) is 0 Å². The quantitative estimate of drug-likeness (QED) is 0.391. The molecule has 1 atom stereocenters. The first kappa shape index (κ1) is 20.5. The van der Waals surface area contributed by atoms with Gasteiger partial charge >= 0.3 is 0 Å². The van der Waals surface area contributed by atoms with Crippen LogP contribution in [0.1, 0.15) is 24.0 Å². The van der Waals surface area contributed by atoms with Crippen molar-refractivity contribution in [3.8, 4) is 16.9 Å². The highest BCUT2D eigenvalue weighted by Crippen LogP contribution is 2.41. The molecule has 0 radical (unpaired) electrons. The first-order valence-corrected chi connectivity index (χ1v) is 9.56. The highest BCUT2D eigenvalue weighted by molar-refractivity contribution is 8.93. The van der Waals surface area contributed by atoms with Crippen LogP contribution in [0.25, 0.3) is 32.1 Å². The number of aromatic amines is 1. The number of pyridine rings is 1. The zero-order valence-corrected chi connectivity index (χ0v) is 17.9. The van der Waals surface area contributed by atoms with Gasteiger partial charge in [0.1, 0.15) is 16.3 Å².